The van der Waals surface area contributed by atoms with Crippen LogP contribution in [0.3, 0.4) is 0 Å². The van der Waals surface area contributed by atoms with Crippen LogP contribution in [0.4, 0.5) is 10.1 Å². The van der Waals surface area contributed by atoms with Gasteiger partial charge in [-0.15, -0.1) is 0 Å². The summed E-state index contributed by atoms with van der Waals surface area (Å²) in [6.45, 7) is 5.84. The van der Waals surface area contributed by atoms with Gasteiger partial charge in [0.1, 0.15) is 5.83 Å². The van der Waals surface area contributed by atoms with Gasteiger partial charge in [-0.05, 0) is 54.7 Å². The molecule has 0 saturated heterocycles. The smallest absolute Gasteiger partial charge is 0.128 e. The molecule has 0 amide bonds. The van der Waals surface area contributed by atoms with E-state index < -0.39 is 0 Å². The summed E-state index contributed by atoms with van der Waals surface area (Å²) in [6.07, 6.45) is 14.8. The molecule has 2 atom stereocenters. The minimum atomic E-state index is -0.162. The van der Waals surface area contributed by atoms with E-state index in [4.69, 9.17) is 0 Å². The highest BCUT2D eigenvalue weighted by atomic mass is 19.1. The highest BCUT2D eigenvalue weighted by Gasteiger charge is 2.33. The van der Waals surface area contributed by atoms with Crippen LogP contribution >= 0.6 is 0 Å². The fourth-order valence-electron chi connectivity index (χ4n) is 4.75. The standard InChI is InChI=1S/C27H34FN5/c1-5-7-11-26(28)25-15-24-17-29-19-33(24)27(25)20(6-2)12-13-31(3)23-10-8-9-21(14-23)22-16-30-32(4)18-22/h5,7-11,14-15,17-20,27,30H,6,12-13,16H2,1-4H3/b7-5-,26-11+. The lowest BCUT2D eigenvalue weighted by Crippen LogP contribution is -2.26. The van der Waals surface area contributed by atoms with Crippen LogP contribution in [0.5, 0.6) is 0 Å². The van der Waals surface area contributed by atoms with Crippen molar-refractivity contribution < 1.29 is 4.39 Å². The molecule has 2 unspecified atom stereocenters. The normalized spacial score (nSPS) is 19.1. The van der Waals surface area contributed by atoms with Gasteiger partial charge in [-0.1, -0.05) is 37.6 Å². The predicted molar refractivity (Wildman–Crippen MR) is 135 cm³/mol. The molecule has 33 heavy (non-hydrogen) atoms. The van der Waals surface area contributed by atoms with E-state index in [0.29, 0.717) is 5.92 Å². The van der Waals surface area contributed by atoms with Crippen molar-refractivity contribution in [3.63, 3.8) is 0 Å². The second kappa shape index (κ2) is 10.2. The quantitative estimate of drug-likeness (QED) is 0.508. The number of rotatable bonds is 9. The molecular weight excluding hydrogens is 413 g/mol. The van der Waals surface area contributed by atoms with Crippen molar-refractivity contribution in [2.75, 3.05) is 32.1 Å². The van der Waals surface area contributed by atoms with E-state index in [9.17, 15) is 0 Å². The molecule has 2 aliphatic rings. The van der Waals surface area contributed by atoms with E-state index in [0.717, 1.165) is 37.2 Å². The Bertz CT molecular complexity index is 1090. The molecule has 0 radical (unpaired) electrons. The monoisotopic (exact) mass is 447 g/mol. The molecule has 1 aromatic heterocycles. The summed E-state index contributed by atoms with van der Waals surface area (Å²) in [5.74, 6) is 0.141. The third-order valence-corrected chi connectivity index (χ3v) is 6.66. The molecule has 1 aromatic carbocycles. The Labute approximate surface area is 196 Å². The third kappa shape index (κ3) is 4.96. The molecule has 0 aliphatic carbocycles. The number of imidazole rings is 1. The first kappa shape index (κ1) is 23.1. The van der Waals surface area contributed by atoms with Gasteiger partial charge in [0.15, 0.2) is 0 Å². The largest absolute Gasteiger partial charge is 0.375 e. The fraction of sp³-hybridized carbons (Fsp3) is 0.370. The highest BCUT2D eigenvalue weighted by Crippen LogP contribution is 2.42. The summed E-state index contributed by atoms with van der Waals surface area (Å²) in [5, 5.41) is 2.00. The van der Waals surface area contributed by atoms with Crippen LogP contribution in [-0.2, 0) is 0 Å². The average Bonchev–Trinajstić information content (AvgIpc) is 3.54. The van der Waals surface area contributed by atoms with E-state index in [1.54, 1.807) is 12.2 Å². The van der Waals surface area contributed by atoms with E-state index in [1.807, 2.05) is 43.7 Å². The minimum absolute atomic E-state index is 0.0287. The maximum atomic E-state index is 15.1. The second-order valence-corrected chi connectivity index (χ2v) is 8.84. The Morgan fingerprint density at radius 2 is 2.24 bits per heavy atom. The first-order valence-corrected chi connectivity index (χ1v) is 11.7. The topological polar surface area (TPSA) is 36.3 Å². The van der Waals surface area contributed by atoms with Crippen LogP contribution in [0, 0.1) is 5.92 Å². The van der Waals surface area contributed by atoms with E-state index >= 15 is 4.39 Å². The molecule has 174 valence electrons. The molecule has 5 nitrogen and oxygen atoms in total. The summed E-state index contributed by atoms with van der Waals surface area (Å²) in [6, 6.07) is 8.66. The number of anilines is 1. The Kier molecular flexibility index (Phi) is 7.14. The van der Waals surface area contributed by atoms with Crippen LogP contribution in [0.2, 0.25) is 0 Å². The lowest BCUT2D eigenvalue weighted by atomic mass is 9.88. The van der Waals surface area contributed by atoms with Gasteiger partial charge in [0.2, 0.25) is 0 Å². The predicted octanol–water partition coefficient (Wildman–Crippen LogP) is 5.59. The molecule has 0 spiro atoms. The Morgan fingerprint density at radius 3 is 2.97 bits per heavy atom. The van der Waals surface area contributed by atoms with E-state index in [1.165, 1.54) is 16.8 Å². The Balaban J connectivity index is 1.49. The molecule has 0 saturated carbocycles. The number of nitrogens with one attached hydrogen (secondary N) is 1. The zero-order chi connectivity index (χ0) is 23.4. The number of hydrogen-bond donors (Lipinski definition) is 1. The molecule has 4 rings (SSSR count). The lowest BCUT2D eigenvalue weighted by molar-refractivity contribution is 0.344. The van der Waals surface area contributed by atoms with E-state index in [-0.39, 0.29) is 11.9 Å². The van der Waals surface area contributed by atoms with Gasteiger partial charge in [-0.2, -0.15) is 0 Å². The van der Waals surface area contributed by atoms with Crippen LogP contribution in [-0.4, -0.2) is 41.7 Å². The van der Waals surface area contributed by atoms with Crippen molar-refractivity contribution in [1.29, 1.82) is 0 Å². The molecule has 2 aromatic rings. The Hall–Kier alpha value is -3.12. The summed E-state index contributed by atoms with van der Waals surface area (Å²) in [7, 11) is 4.15. The number of hydrazine groups is 1. The number of hydrogen-bond acceptors (Lipinski definition) is 4. The zero-order valence-corrected chi connectivity index (χ0v) is 20.0. The van der Waals surface area contributed by atoms with Gasteiger partial charge in [0, 0.05) is 44.6 Å². The SMILES string of the molecule is C/C=C\C=C(\F)C1=Cc2cncn2C1C(CC)CCN(C)c1cccc(C2=CN(C)NC2)c1. The number of fused-ring (bicyclic) bond motifs is 1. The lowest BCUT2D eigenvalue weighted by Gasteiger charge is -2.29. The van der Waals surface area contributed by atoms with Gasteiger partial charge in [0.25, 0.3) is 0 Å². The van der Waals surface area contributed by atoms with Crippen LogP contribution in [0.15, 0.2) is 72.6 Å². The summed E-state index contributed by atoms with van der Waals surface area (Å²) in [5.41, 5.74) is 8.76. The van der Waals surface area contributed by atoms with Gasteiger partial charge >= 0.3 is 0 Å². The summed E-state index contributed by atoms with van der Waals surface area (Å²) >= 11 is 0. The number of halogens is 1. The number of allylic oxidation sites excluding steroid dienone is 5. The second-order valence-electron chi connectivity index (χ2n) is 8.84. The van der Waals surface area contributed by atoms with Gasteiger partial charge < -0.3 is 14.5 Å². The number of nitrogens with zero attached hydrogens (tertiary/aromatic N) is 4. The molecule has 1 N–H and O–H groups in total. The Morgan fingerprint density at radius 1 is 1.39 bits per heavy atom. The van der Waals surface area contributed by atoms with Crippen LogP contribution in [0.1, 0.15) is 44.0 Å². The van der Waals surface area contributed by atoms with Gasteiger partial charge in [0.05, 0.1) is 24.3 Å². The minimum Gasteiger partial charge on any atom is -0.375 e. The van der Waals surface area contributed by atoms with Crippen molar-refractivity contribution in [3.8, 4) is 0 Å². The summed E-state index contributed by atoms with van der Waals surface area (Å²) < 4.78 is 17.2. The van der Waals surface area contributed by atoms with E-state index in [2.05, 4.69) is 64.3 Å². The molecular formula is C27H34FN5. The molecule has 6 heteroatoms. The van der Waals surface area contributed by atoms with Crippen molar-refractivity contribution in [3.05, 3.63) is 83.9 Å². The fourth-order valence-corrected chi connectivity index (χ4v) is 4.75. The highest BCUT2D eigenvalue weighted by molar-refractivity contribution is 5.71. The van der Waals surface area contributed by atoms with Crippen molar-refractivity contribution >= 4 is 17.3 Å². The van der Waals surface area contributed by atoms with Crippen molar-refractivity contribution in [2.24, 2.45) is 5.92 Å². The number of benzene rings is 1. The first-order chi connectivity index (χ1) is 16.0. The van der Waals surface area contributed by atoms with Crippen molar-refractivity contribution in [2.45, 2.75) is 32.7 Å². The zero-order valence-electron chi connectivity index (χ0n) is 20.0. The maximum Gasteiger partial charge on any atom is 0.128 e. The van der Waals surface area contributed by atoms with Crippen molar-refractivity contribution in [1.82, 2.24) is 20.0 Å². The maximum absolute atomic E-state index is 15.1. The van der Waals surface area contributed by atoms with Gasteiger partial charge in [-0.3, -0.25) is 0 Å². The molecule has 2 aliphatic heterocycles. The van der Waals surface area contributed by atoms with Crippen LogP contribution in [0.25, 0.3) is 11.6 Å². The molecule has 0 fully saturated rings. The third-order valence-electron chi connectivity index (χ3n) is 6.66. The first-order valence-electron chi connectivity index (χ1n) is 11.7. The summed E-state index contributed by atoms with van der Waals surface area (Å²) in [4.78, 5) is 6.60. The molecule has 3 heterocycles. The average molecular weight is 448 g/mol. The molecule has 0 bridgehead atoms. The number of aromatic nitrogens is 2. The van der Waals surface area contributed by atoms with Gasteiger partial charge in [-0.25, -0.2) is 14.8 Å². The van der Waals surface area contributed by atoms with Crippen LogP contribution < -0.4 is 10.3 Å².